The molecule has 1 aromatic carbocycles. The van der Waals surface area contributed by atoms with Gasteiger partial charge in [-0.15, -0.1) is 0 Å². The van der Waals surface area contributed by atoms with E-state index in [9.17, 15) is 8.42 Å². The molecule has 0 aromatic heterocycles. The molecule has 0 unspecified atom stereocenters. The number of fused-ring (bicyclic) bond motifs is 1. The molecular weight excluding hydrogens is 272 g/mol. The molecule has 2 heterocycles. The fraction of sp³-hybridized carbons (Fsp3) is 0.600. The van der Waals surface area contributed by atoms with Crippen LogP contribution in [0.2, 0.25) is 0 Å². The molecule has 2 aliphatic heterocycles. The van der Waals surface area contributed by atoms with Gasteiger partial charge in [0, 0.05) is 25.2 Å². The summed E-state index contributed by atoms with van der Waals surface area (Å²) in [5.41, 5.74) is 2.33. The highest BCUT2D eigenvalue weighted by atomic mass is 32.2. The smallest absolute Gasteiger partial charge is 0.243 e. The molecule has 2 atom stereocenters. The summed E-state index contributed by atoms with van der Waals surface area (Å²) >= 11 is 0. The van der Waals surface area contributed by atoms with Gasteiger partial charge in [-0.2, -0.15) is 4.31 Å². The van der Waals surface area contributed by atoms with Crippen LogP contribution in [0.25, 0.3) is 0 Å². The zero-order valence-corrected chi connectivity index (χ0v) is 12.9. The van der Waals surface area contributed by atoms with Crippen molar-refractivity contribution in [3.63, 3.8) is 0 Å². The second-order valence-corrected chi connectivity index (χ2v) is 7.84. The van der Waals surface area contributed by atoms with E-state index in [2.05, 4.69) is 5.32 Å². The molecule has 0 aliphatic carbocycles. The van der Waals surface area contributed by atoms with Gasteiger partial charge >= 0.3 is 0 Å². The van der Waals surface area contributed by atoms with E-state index in [1.54, 1.807) is 10.4 Å². The van der Waals surface area contributed by atoms with E-state index >= 15 is 0 Å². The van der Waals surface area contributed by atoms with Crippen LogP contribution in [0.3, 0.4) is 0 Å². The summed E-state index contributed by atoms with van der Waals surface area (Å²) in [7, 11) is -3.38. The van der Waals surface area contributed by atoms with Crippen LogP contribution in [0, 0.1) is 0 Å². The molecule has 1 aromatic rings. The lowest BCUT2D eigenvalue weighted by molar-refractivity contribution is 0.204. The largest absolute Gasteiger partial charge is 0.309 e. The lowest BCUT2D eigenvalue weighted by atomic mass is 10.0. The van der Waals surface area contributed by atoms with Crippen molar-refractivity contribution >= 4 is 10.0 Å². The van der Waals surface area contributed by atoms with E-state index in [0.29, 0.717) is 4.90 Å². The van der Waals surface area contributed by atoms with Gasteiger partial charge in [0.05, 0.1) is 4.90 Å². The van der Waals surface area contributed by atoms with Gasteiger partial charge in [-0.3, -0.25) is 0 Å². The highest BCUT2D eigenvalue weighted by Gasteiger charge is 2.35. The molecule has 2 aliphatic rings. The van der Waals surface area contributed by atoms with Gasteiger partial charge in [0.1, 0.15) is 0 Å². The van der Waals surface area contributed by atoms with Gasteiger partial charge in [-0.25, -0.2) is 8.42 Å². The minimum absolute atomic E-state index is 0.0927. The topological polar surface area (TPSA) is 49.4 Å². The average Bonchev–Trinajstić information content (AvgIpc) is 2.85. The van der Waals surface area contributed by atoms with Crippen LogP contribution in [-0.4, -0.2) is 24.8 Å². The predicted octanol–water partition coefficient (Wildman–Crippen LogP) is 2.24. The third-order valence-electron chi connectivity index (χ3n) is 4.50. The van der Waals surface area contributed by atoms with E-state index in [-0.39, 0.29) is 12.1 Å². The molecule has 1 fully saturated rings. The minimum atomic E-state index is -3.38. The maximum absolute atomic E-state index is 12.9. The lowest BCUT2D eigenvalue weighted by Crippen LogP contribution is -2.47. The Morgan fingerprint density at radius 1 is 1.10 bits per heavy atom. The summed E-state index contributed by atoms with van der Waals surface area (Å²) < 4.78 is 27.5. The first-order valence-electron chi connectivity index (χ1n) is 7.36. The van der Waals surface area contributed by atoms with E-state index in [4.69, 9.17) is 0 Å². The minimum Gasteiger partial charge on any atom is -0.309 e. The maximum Gasteiger partial charge on any atom is 0.243 e. The van der Waals surface area contributed by atoms with Crippen LogP contribution in [0.1, 0.15) is 44.2 Å². The molecule has 0 amide bonds. The number of benzene rings is 1. The van der Waals surface area contributed by atoms with Gasteiger partial charge < -0.3 is 5.32 Å². The van der Waals surface area contributed by atoms with Gasteiger partial charge in [0.25, 0.3) is 0 Å². The molecule has 3 rings (SSSR count). The molecule has 4 nitrogen and oxygen atoms in total. The van der Waals surface area contributed by atoms with Crippen molar-refractivity contribution in [2.24, 2.45) is 0 Å². The Morgan fingerprint density at radius 3 is 2.45 bits per heavy atom. The highest BCUT2D eigenvalue weighted by molar-refractivity contribution is 7.89. The van der Waals surface area contributed by atoms with E-state index in [0.717, 1.165) is 37.9 Å². The molecule has 20 heavy (non-hydrogen) atoms. The Hall–Kier alpha value is -0.910. The first-order valence-corrected chi connectivity index (χ1v) is 8.80. The summed E-state index contributed by atoms with van der Waals surface area (Å²) in [6.07, 6.45) is 3.02. The van der Waals surface area contributed by atoms with Crippen LogP contribution >= 0.6 is 0 Å². The van der Waals surface area contributed by atoms with Gasteiger partial charge in [0.2, 0.25) is 10.0 Å². The van der Waals surface area contributed by atoms with Crippen molar-refractivity contribution in [1.29, 1.82) is 0 Å². The SMILES string of the molecule is C[C@@H]1CCC[C@H](C)N1S(=O)(=O)c1ccc2c(c1)CNC2. The van der Waals surface area contributed by atoms with E-state index in [1.807, 2.05) is 26.0 Å². The summed E-state index contributed by atoms with van der Waals surface area (Å²) in [6.45, 7) is 5.64. The summed E-state index contributed by atoms with van der Waals surface area (Å²) in [5.74, 6) is 0. The number of hydrogen-bond donors (Lipinski definition) is 1. The Morgan fingerprint density at radius 2 is 1.75 bits per heavy atom. The third-order valence-corrected chi connectivity index (χ3v) is 6.62. The molecular formula is C15H22N2O2S. The Bertz CT molecular complexity index is 602. The van der Waals surface area contributed by atoms with Gasteiger partial charge in [0.15, 0.2) is 0 Å². The van der Waals surface area contributed by atoms with Crippen molar-refractivity contribution in [3.05, 3.63) is 29.3 Å². The molecule has 1 N–H and O–H groups in total. The fourth-order valence-electron chi connectivity index (χ4n) is 3.42. The van der Waals surface area contributed by atoms with Crippen molar-refractivity contribution in [2.75, 3.05) is 0 Å². The van der Waals surface area contributed by atoms with Gasteiger partial charge in [-0.05, 0) is 49.9 Å². The Labute approximate surface area is 121 Å². The molecule has 0 radical (unpaired) electrons. The van der Waals surface area contributed by atoms with Crippen molar-refractivity contribution in [1.82, 2.24) is 9.62 Å². The standard InChI is InChI=1S/C15H22N2O2S/c1-11-4-3-5-12(2)17(11)20(18,19)15-7-6-13-9-16-10-14(13)8-15/h6-8,11-12,16H,3-5,9-10H2,1-2H3/t11-,12+. The van der Waals surface area contributed by atoms with E-state index < -0.39 is 10.0 Å². The summed E-state index contributed by atoms with van der Waals surface area (Å²) in [5, 5.41) is 3.26. The van der Waals surface area contributed by atoms with Crippen LogP contribution in [0.4, 0.5) is 0 Å². The number of piperidine rings is 1. The van der Waals surface area contributed by atoms with Crippen LogP contribution in [-0.2, 0) is 23.1 Å². The maximum atomic E-state index is 12.9. The number of nitrogens with zero attached hydrogens (tertiary/aromatic N) is 1. The summed E-state index contributed by atoms with van der Waals surface area (Å²) in [4.78, 5) is 0.445. The number of sulfonamides is 1. The fourth-order valence-corrected chi connectivity index (χ4v) is 5.36. The van der Waals surface area contributed by atoms with E-state index in [1.165, 1.54) is 5.56 Å². The molecule has 0 bridgehead atoms. The average molecular weight is 294 g/mol. The molecule has 5 heteroatoms. The summed E-state index contributed by atoms with van der Waals surface area (Å²) in [6, 6.07) is 5.74. The quantitative estimate of drug-likeness (QED) is 0.910. The number of nitrogens with one attached hydrogen (secondary N) is 1. The molecule has 0 saturated carbocycles. The van der Waals surface area contributed by atoms with Crippen molar-refractivity contribution < 1.29 is 8.42 Å². The van der Waals surface area contributed by atoms with Crippen LogP contribution in [0.5, 0.6) is 0 Å². The van der Waals surface area contributed by atoms with Gasteiger partial charge in [-0.1, -0.05) is 12.5 Å². The second kappa shape index (κ2) is 5.13. The van der Waals surface area contributed by atoms with Crippen molar-refractivity contribution in [3.8, 4) is 0 Å². The van der Waals surface area contributed by atoms with Crippen LogP contribution in [0.15, 0.2) is 23.1 Å². The normalized spacial score (nSPS) is 27.5. The zero-order chi connectivity index (χ0) is 14.3. The predicted molar refractivity (Wildman–Crippen MR) is 78.8 cm³/mol. The first kappa shape index (κ1) is 14.0. The Kier molecular flexibility index (Phi) is 3.60. The number of hydrogen-bond acceptors (Lipinski definition) is 3. The Balaban J connectivity index is 1.99. The highest BCUT2D eigenvalue weighted by Crippen LogP contribution is 2.30. The first-order chi connectivity index (χ1) is 9.50. The second-order valence-electron chi connectivity index (χ2n) is 6.00. The van der Waals surface area contributed by atoms with Crippen LogP contribution < -0.4 is 5.32 Å². The lowest BCUT2D eigenvalue weighted by Gasteiger charge is -2.37. The third kappa shape index (κ3) is 2.28. The zero-order valence-electron chi connectivity index (χ0n) is 12.1. The monoisotopic (exact) mass is 294 g/mol. The van der Waals surface area contributed by atoms with Crippen molar-refractivity contribution in [2.45, 2.75) is 63.2 Å². The molecule has 110 valence electrons. The molecule has 1 saturated heterocycles. The molecule has 0 spiro atoms. The number of rotatable bonds is 2.